The second kappa shape index (κ2) is 9.83. The van der Waals surface area contributed by atoms with E-state index < -0.39 is 0 Å². The third-order valence-corrected chi connectivity index (χ3v) is 10.4. The number of benzene rings is 7. The van der Waals surface area contributed by atoms with Gasteiger partial charge in [0.25, 0.3) is 0 Å². The lowest BCUT2D eigenvalue weighted by atomic mass is 9.99. The van der Waals surface area contributed by atoms with Crippen molar-refractivity contribution in [2.24, 2.45) is 0 Å². The smallest absolute Gasteiger partial charge is 0.160 e. The quantitative estimate of drug-likeness (QED) is 0.188. The molecule has 4 heteroatoms. The van der Waals surface area contributed by atoms with Crippen molar-refractivity contribution in [2.75, 3.05) is 0 Å². The average molecular weight is 604 g/mol. The van der Waals surface area contributed by atoms with E-state index in [0.29, 0.717) is 0 Å². The molecule has 3 heterocycles. The predicted octanol–water partition coefficient (Wildman–Crippen LogP) is 11.6. The highest BCUT2D eigenvalue weighted by Crippen LogP contribution is 2.41. The Morgan fingerprint density at radius 1 is 0.457 bits per heavy atom. The maximum absolute atomic E-state index is 5.29. The molecule has 0 aliphatic rings. The van der Waals surface area contributed by atoms with Crippen LogP contribution in [0, 0.1) is 0 Å². The fourth-order valence-electron chi connectivity index (χ4n) is 7.04. The van der Waals surface area contributed by atoms with Gasteiger partial charge < -0.3 is 4.57 Å². The first-order chi connectivity index (χ1) is 22.8. The monoisotopic (exact) mass is 603 g/mol. The Hall–Kier alpha value is -5.84. The largest absolute Gasteiger partial charge is 0.309 e. The molecule has 214 valence electrons. The minimum atomic E-state index is 0.735. The number of hydrogen-bond donors (Lipinski definition) is 0. The van der Waals surface area contributed by atoms with Crippen LogP contribution in [0.15, 0.2) is 152 Å². The van der Waals surface area contributed by atoms with Crippen molar-refractivity contribution in [3.05, 3.63) is 152 Å². The summed E-state index contributed by atoms with van der Waals surface area (Å²) < 4.78 is 4.68. The average Bonchev–Trinajstić information content (AvgIpc) is 3.67. The zero-order valence-electron chi connectivity index (χ0n) is 24.7. The van der Waals surface area contributed by atoms with Gasteiger partial charge in [0.2, 0.25) is 0 Å². The van der Waals surface area contributed by atoms with Gasteiger partial charge in [-0.15, -0.1) is 11.3 Å². The van der Waals surface area contributed by atoms with Crippen molar-refractivity contribution < 1.29 is 0 Å². The topological polar surface area (TPSA) is 30.7 Å². The summed E-state index contributed by atoms with van der Waals surface area (Å²) in [6, 6.07) is 54.2. The van der Waals surface area contributed by atoms with E-state index in [1.165, 1.54) is 53.4 Å². The minimum Gasteiger partial charge on any atom is -0.309 e. The molecule has 10 rings (SSSR count). The Morgan fingerprint density at radius 2 is 1.07 bits per heavy atom. The Morgan fingerprint density at radius 3 is 1.85 bits per heavy atom. The normalized spacial score (nSPS) is 11.9. The Bertz CT molecular complexity index is 2750. The minimum absolute atomic E-state index is 0.735. The summed E-state index contributed by atoms with van der Waals surface area (Å²) >= 11 is 1.77. The van der Waals surface area contributed by atoms with Crippen LogP contribution in [0.4, 0.5) is 0 Å². The highest BCUT2D eigenvalue weighted by Gasteiger charge is 2.18. The van der Waals surface area contributed by atoms with Crippen LogP contribution in [0.1, 0.15) is 0 Å². The van der Waals surface area contributed by atoms with Gasteiger partial charge in [-0.1, -0.05) is 103 Å². The van der Waals surface area contributed by atoms with Crippen LogP contribution >= 0.6 is 11.3 Å². The van der Waals surface area contributed by atoms with E-state index >= 15 is 0 Å². The molecule has 0 atom stereocenters. The fraction of sp³-hybridized carbons (Fsp3) is 0. The van der Waals surface area contributed by atoms with Gasteiger partial charge in [-0.05, 0) is 70.1 Å². The first-order valence-corrected chi connectivity index (χ1v) is 16.3. The molecule has 0 radical (unpaired) electrons. The van der Waals surface area contributed by atoms with Crippen LogP contribution in [0.3, 0.4) is 0 Å². The standard InChI is InChI=1S/C42H25N3S/c1-2-10-31-26(9-1)17-18-28-25-29(21-24-32(28)31)39-41-40(35-13-5-8-16-38(35)46-41)44-42(43-39)27-19-22-30(23-20-27)45-36-14-6-3-11-33(36)34-12-4-7-15-37(34)45/h1-25H. The summed E-state index contributed by atoms with van der Waals surface area (Å²) in [5.41, 5.74) is 7.59. The van der Waals surface area contributed by atoms with Gasteiger partial charge >= 0.3 is 0 Å². The summed E-state index contributed by atoms with van der Waals surface area (Å²) in [6.45, 7) is 0. The highest BCUT2D eigenvalue weighted by atomic mass is 32.1. The maximum atomic E-state index is 5.29. The van der Waals surface area contributed by atoms with Crippen LogP contribution in [0.5, 0.6) is 0 Å². The number of rotatable bonds is 3. The predicted molar refractivity (Wildman–Crippen MR) is 195 cm³/mol. The first kappa shape index (κ1) is 25.5. The van der Waals surface area contributed by atoms with E-state index in [9.17, 15) is 0 Å². The van der Waals surface area contributed by atoms with E-state index in [-0.39, 0.29) is 0 Å². The highest BCUT2D eigenvalue weighted by molar-refractivity contribution is 7.26. The van der Waals surface area contributed by atoms with Gasteiger partial charge in [0.1, 0.15) is 0 Å². The SMILES string of the molecule is c1ccc2c(c1)ccc1cc(-c3nc(-c4ccc(-n5c6ccccc6c6ccccc65)cc4)nc4c3sc3ccccc34)ccc12. The summed E-state index contributed by atoms with van der Waals surface area (Å²) in [7, 11) is 0. The van der Waals surface area contributed by atoms with E-state index in [1.54, 1.807) is 11.3 Å². The number of fused-ring (bicyclic) bond motifs is 9. The van der Waals surface area contributed by atoms with Gasteiger partial charge in [-0.2, -0.15) is 0 Å². The molecule has 0 saturated carbocycles. The number of nitrogens with zero attached hydrogens (tertiary/aromatic N) is 3. The molecule has 0 N–H and O–H groups in total. The van der Waals surface area contributed by atoms with Crippen molar-refractivity contribution in [3.8, 4) is 28.3 Å². The van der Waals surface area contributed by atoms with Crippen molar-refractivity contribution in [1.82, 2.24) is 14.5 Å². The van der Waals surface area contributed by atoms with Crippen molar-refractivity contribution in [1.29, 1.82) is 0 Å². The van der Waals surface area contributed by atoms with Crippen LogP contribution in [0.25, 0.3) is 92.0 Å². The van der Waals surface area contributed by atoms with Crippen LogP contribution in [-0.2, 0) is 0 Å². The van der Waals surface area contributed by atoms with Gasteiger partial charge in [-0.3, -0.25) is 0 Å². The number of para-hydroxylation sites is 2. The molecule has 0 fully saturated rings. The van der Waals surface area contributed by atoms with Crippen molar-refractivity contribution >= 4 is 75.0 Å². The third kappa shape index (κ3) is 3.77. The van der Waals surface area contributed by atoms with E-state index in [4.69, 9.17) is 9.97 Å². The third-order valence-electron chi connectivity index (χ3n) is 9.20. The second-order valence-electron chi connectivity index (χ2n) is 11.8. The summed E-state index contributed by atoms with van der Waals surface area (Å²) in [5, 5.41) is 8.67. The molecule has 0 spiro atoms. The van der Waals surface area contributed by atoms with Crippen molar-refractivity contribution in [3.63, 3.8) is 0 Å². The Balaban J connectivity index is 1.16. The van der Waals surface area contributed by atoms with Gasteiger partial charge in [0.15, 0.2) is 5.82 Å². The zero-order chi connectivity index (χ0) is 30.2. The number of hydrogen-bond acceptors (Lipinski definition) is 3. The Labute approximate surface area is 268 Å². The molecule has 0 amide bonds. The molecule has 0 aliphatic heterocycles. The van der Waals surface area contributed by atoms with Crippen LogP contribution < -0.4 is 0 Å². The fourth-order valence-corrected chi connectivity index (χ4v) is 8.19. The lowest BCUT2D eigenvalue weighted by Crippen LogP contribution is -1.96. The molecule has 0 unspecified atom stereocenters. The molecule has 10 aromatic rings. The molecular weight excluding hydrogens is 579 g/mol. The summed E-state index contributed by atoms with van der Waals surface area (Å²) in [6.07, 6.45) is 0. The van der Waals surface area contributed by atoms with Crippen molar-refractivity contribution in [2.45, 2.75) is 0 Å². The molecule has 7 aromatic carbocycles. The van der Waals surface area contributed by atoms with Gasteiger partial charge in [0.05, 0.1) is 26.9 Å². The van der Waals surface area contributed by atoms with E-state index in [1.807, 2.05) is 0 Å². The molecule has 0 saturated heterocycles. The number of thiophene rings is 1. The zero-order valence-corrected chi connectivity index (χ0v) is 25.5. The lowest BCUT2D eigenvalue weighted by molar-refractivity contribution is 1.17. The van der Waals surface area contributed by atoms with E-state index in [0.717, 1.165) is 38.5 Å². The lowest BCUT2D eigenvalue weighted by Gasteiger charge is -2.11. The maximum Gasteiger partial charge on any atom is 0.160 e. The molecular formula is C42H25N3S. The molecule has 0 aliphatic carbocycles. The van der Waals surface area contributed by atoms with Crippen LogP contribution in [-0.4, -0.2) is 14.5 Å². The van der Waals surface area contributed by atoms with Crippen LogP contribution in [0.2, 0.25) is 0 Å². The van der Waals surface area contributed by atoms with Gasteiger partial charge in [-0.25, -0.2) is 9.97 Å². The summed E-state index contributed by atoms with van der Waals surface area (Å²) in [4.78, 5) is 10.5. The molecule has 3 aromatic heterocycles. The number of aromatic nitrogens is 3. The first-order valence-electron chi connectivity index (χ1n) is 15.5. The molecule has 46 heavy (non-hydrogen) atoms. The summed E-state index contributed by atoms with van der Waals surface area (Å²) in [5.74, 6) is 0.735. The van der Waals surface area contributed by atoms with E-state index in [2.05, 4.69) is 156 Å². The second-order valence-corrected chi connectivity index (χ2v) is 12.9. The molecule has 3 nitrogen and oxygen atoms in total. The van der Waals surface area contributed by atoms with Gasteiger partial charge in [0, 0.05) is 37.7 Å². The molecule has 0 bridgehead atoms. The Kier molecular flexibility index (Phi) is 5.45.